The highest BCUT2D eigenvalue weighted by atomic mass is 16.2. The molecule has 128 valence electrons. The van der Waals surface area contributed by atoms with Gasteiger partial charge in [0.25, 0.3) is 0 Å². The minimum atomic E-state index is -0.167. The van der Waals surface area contributed by atoms with Crippen LogP contribution in [0.4, 0.5) is 10.5 Å². The number of nitrogens with zero attached hydrogens (tertiary/aromatic N) is 5. The van der Waals surface area contributed by atoms with Crippen molar-refractivity contribution in [3.63, 3.8) is 0 Å². The van der Waals surface area contributed by atoms with Gasteiger partial charge in [-0.3, -0.25) is 0 Å². The van der Waals surface area contributed by atoms with E-state index in [1.54, 1.807) is 6.33 Å². The average molecular weight is 328 g/mol. The maximum absolute atomic E-state index is 12.5. The SMILES string of the molecule is Cc1cccc(N2CCN(C(=O)N[C@H](C)c3nncn3C)CC2)c1. The summed E-state index contributed by atoms with van der Waals surface area (Å²) >= 11 is 0. The number of benzene rings is 1. The monoisotopic (exact) mass is 328 g/mol. The van der Waals surface area contributed by atoms with Crippen molar-refractivity contribution in [2.75, 3.05) is 31.1 Å². The highest BCUT2D eigenvalue weighted by Gasteiger charge is 2.23. The lowest BCUT2D eigenvalue weighted by molar-refractivity contribution is 0.190. The second kappa shape index (κ2) is 6.90. The summed E-state index contributed by atoms with van der Waals surface area (Å²) in [5.41, 5.74) is 2.48. The van der Waals surface area contributed by atoms with E-state index in [0.29, 0.717) is 13.1 Å². The number of aryl methyl sites for hydroxylation is 2. The lowest BCUT2D eigenvalue weighted by Crippen LogP contribution is -2.52. The van der Waals surface area contributed by atoms with Crippen LogP contribution >= 0.6 is 0 Å². The Morgan fingerprint density at radius 2 is 2.00 bits per heavy atom. The normalized spacial score (nSPS) is 16.1. The van der Waals surface area contributed by atoms with Gasteiger partial charge in [0.2, 0.25) is 0 Å². The molecule has 0 aliphatic carbocycles. The molecular formula is C17H24N6O. The molecule has 24 heavy (non-hydrogen) atoms. The van der Waals surface area contributed by atoms with E-state index >= 15 is 0 Å². The van der Waals surface area contributed by atoms with Gasteiger partial charge in [-0.1, -0.05) is 12.1 Å². The zero-order valence-electron chi connectivity index (χ0n) is 14.4. The molecule has 1 aliphatic heterocycles. The number of carbonyl (C=O) groups is 1. The molecule has 0 bridgehead atoms. The number of nitrogens with one attached hydrogen (secondary N) is 1. The molecule has 1 aliphatic rings. The standard InChI is InChI=1S/C17H24N6O/c1-13-5-4-6-15(11-13)22-7-9-23(10-8-22)17(24)19-14(2)16-20-18-12-21(16)3/h4-6,11-12,14H,7-10H2,1-3H3,(H,19,24)/t14-/m1/s1. The Morgan fingerprint density at radius 3 is 2.62 bits per heavy atom. The lowest BCUT2D eigenvalue weighted by Gasteiger charge is -2.36. The van der Waals surface area contributed by atoms with Crippen molar-refractivity contribution < 1.29 is 4.79 Å². The van der Waals surface area contributed by atoms with E-state index in [0.717, 1.165) is 18.9 Å². The van der Waals surface area contributed by atoms with Crippen LogP contribution in [0.3, 0.4) is 0 Å². The third kappa shape index (κ3) is 3.50. The highest BCUT2D eigenvalue weighted by Crippen LogP contribution is 2.18. The Balaban J connectivity index is 1.54. The second-order valence-electron chi connectivity index (χ2n) is 6.28. The van der Waals surface area contributed by atoms with E-state index < -0.39 is 0 Å². The predicted octanol–water partition coefficient (Wildman–Crippen LogP) is 1.72. The van der Waals surface area contributed by atoms with Gasteiger partial charge >= 0.3 is 6.03 Å². The first-order valence-corrected chi connectivity index (χ1v) is 8.25. The van der Waals surface area contributed by atoms with Crippen molar-refractivity contribution in [2.24, 2.45) is 7.05 Å². The van der Waals surface area contributed by atoms with Crippen LogP contribution < -0.4 is 10.2 Å². The molecule has 0 saturated carbocycles. The van der Waals surface area contributed by atoms with E-state index in [-0.39, 0.29) is 12.1 Å². The molecule has 0 radical (unpaired) electrons. The lowest BCUT2D eigenvalue weighted by atomic mass is 10.2. The molecule has 2 heterocycles. The van der Waals surface area contributed by atoms with Gasteiger partial charge < -0.3 is 19.7 Å². The molecule has 7 heteroatoms. The van der Waals surface area contributed by atoms with Crippen LogP contribution in [-0.4, -0.2) is 51.9 Å². The number of carbonyl (C=O) groups excluding carboxylic acids is 1. The van der Waals surface area contributed by atoms with Crippen LogP contribution in [0.1, 0.15) is 24.4 Å². The summed E-state index contributed by atoms with van der Waals surface area (Å²) in [6.45, 7) is 7.13. The minimum absolute atomic E-state index is 0.0469. The van der Waals surface area contributed by atoms with E-state index in [2.05, 4.69) is 51.6 Å². The number of hydrogen-bond acceptors (Lipinski definition) is 4. The molecule has 1 N–H and O–H groups in total. The first kappa shape index (κ1) is 16.3. The smallest absolute Gasteiger partial charge is 0.318 e. The molecule has 1 aromatic heterocycles. The Labute approximate surface area is 142 Å². The van der Waals surface area contributed by atoms with Crippen molar-refractivity contribution in [3.05, 3.63) is 42.0 Å². The fourth-order valence-electron chi connectivity index (χ4n) is 3.02. The summed E-state index contributed by atoms with van der Waals surface area (Å²) in [6.07, 6.45) is 1.64. The molecule has 0 spiro atoms. The zero-order valence-corrected chi connectivity index (χ0v) is 14.4. The summed E-state index contributed by atoms with van der Waals surface area (Å²) in [5, 5.41) is 10.9. The predicted molar refractivity (Wildman–Crippen MR) is 92.9 cm³/mol. The highest BCUT2D eigenvalue weighted by molar-refractivity contribution is 5.75. The molecule has 2 aromatic rings. The number of anilines is 1. The van der Waals surface area contributed by atoms with Crippen molar-refractivity contribution in [3.8, 4) is 0 Å². The summed E-state index contributed by atoms with van der Waals surface area (Å²) in [4.78, 5) is 16.6. The summed E-state index contributed by atoms with van der Waals surface area (Å²) < 4.78 is 1.82. The molecule has 1 saturated heterocycles. The summed E-state index contributed by atoms with van der Waals surface area (Å²) in [5.74, 6) is 0.752. The molecule has 1 fully saturated rings. The fraction of sp³-hybridized carbons (Fsp3) is 0.471. The minimum Gasteiger partial charge on any atom is -0.368 e. The van der Waals surface area contributed by atoms with Gasteiger partial charge in [0.1, 0.15) is 6.33 Å². The molecule has 7 nitrogen and oxygen atoms in total. The van der Waals surface area contributed by atoms with Crippen LogP contribution in [0, 0.1) is 6.92 Å². The maximum atomic E-state index is 12.5. The van der Waals surface area contributed by atoms with E-state index in [9.17, 15) is 4.79 Å². The quantitative estimate of drug-likeness (QED) is 0.931. The van der Waals surface area contributed by atoms with Crippen LogP contribution in [-0.2, 0) is 7.05 Å². The van der Waals surface area contributed by atoms with Gasteiger partial charge in [0.15, 0.2) is 5.82 Å². The van der Waals surface area contributed by atoms with Gasteiger partial charge in [-0.05, 0) is 31.5 Å². The number of aromatic nitrogens is 3. The molecule has 2 amide bonds. The second-order valence-corrected chi connectivity index (χ2v) is 6.28. The van der Waals surface area contributed by atoms with Gasteiger partial charge in [0.05, 0.1) is 6.04 Å². The van der Waals surface area contributed by atoms with E-state index in [4.69, 9.17) is 0 Å². The molecule has 0 unspecified atom stereocenters. The third-order valence-electron chi connectivity index (χ3n) is 4.41. The van der Waals surface area contributed by atoms with Crippen molar-refractivity contribution in [2.45, 2.75) is 19.9 Å². The zero-order chi connectivity index (χ0) is 17.1. The summed E-state index contributed by atoms with van der Waals surface area (Å²) in [7, 11) is 1.87. The first-order valence-electron chi connectivity index (χ1n) is 8.25. The van der Waals surface area contributed by atoms with Gasteiger partial charge in [0, 0.05) is 38.9 Å². The van der Waals surface area contributed by atoms with Gasteiger partial charge in [-0.15, -0.1) is 10.2 Å². The Morgan fingerprint density at radius 1 is 1.25 bits per heavy atom. The molecular weight excluding hydrogens is 304 g/mol. The third-order valence-corrected chi connectivity index (χ3v) is 4.41. The van der Waals surface area contributed by atoms with Crippen molar-refractivity contribution in [1.29, 1.82) is 0 Å². The number of piperazine rings is 1. The maximum Gasteiger partial charge on any atom is 0.318 e. The Kier molecular flexibility index (Phi) is 4.69. The number of rotatable bonds is 3. The number of hydrogen-bond donors (Lipinski definition) is 1. The number of amides is 2. The van der Waals surface area contributed by atoms with Gasteiger partial charge in [-0.2, -0.15) is 0 Å². The molecule has 1 atom stereocenters. The first-order chi connectivity index (χ1) is 11.5. The van der Waals surface area contributed by atoms with Crippen LogP contribution in [0.5, 0.6) is 0 Å². The largest absolute Gasteiger partial charge is 0.368 e. The van der Waals surface area contributed by atoms with Crippen molar-refractivity contribution in [1.82, 2.24) is 25.0 Å². The van der Waals surface area contributed by atoms with Gasteiger partial charge in [-0.25, -0.2) is 4.79 Å². The summed E-state index contributed by atoms with van der Waals surface area (Å²) in [6, 6.07) is 8.27. The van der Waals surface area contributed by atoms with Crippen LogP contribution in [0.25, 0.3) is 0 Å². The number of urea groups is 1. The van der Waals surface area contributed by atoms with E-state index in [1.807, 2.05) is 23.4 Å². The molecule has 1 aromatic carbocycles. The average Bonchev–Trinajstić information content (AvgIpc) is 3.01. The van der Waals surface area contributed by atoms with E-state index in [1.165, 1.54) is 11.3 Å². The van der Waals surface area contributed by atoms with Crippen molar-refractivity contribution >= 4 is 11.7 Å². The Hall–Kier alpha value is -2.57. The topological polar surface area (TPSA) is 66.3 Å². The molecule has 3 rings (SSSR count). The Bertz CT molecular complexity index is 705. The van der Waals surface area contributed by atoms with Crippen LogP contribution in [0.2, 0.25) is 0 Å². The fourth-order valence-corrected chi connectivity index (χ4v) is 3.02. The van der Waals surface area contributed by atoms with Crippen LogP contribution in [0.15, 0.2) is 30.6 Å².